The van der Waals surface area contributed by atoms with Gasteiger partial charge in [-0.25, -0.2) is 9.18 Å². The maximum absolute atomic E-state index is 14.3. The van der Waals surface area contributed by atoms with E-state index in [1.807, 2.05) is 0 Å². The Kier molecular flexibility index (Phi) is 4.70. The Morgan fingerprint density at radius 2 is 2.28 bits per heavy atom. The molecular formula is C18H16FN3O3. The van der Waals surface area contributed by atoms with E-state index in [0.717, 1.165) is 0 Å². The molecule has 2 aromatic rings. The summed E-state index contributed by atoms with van der Waals surface area (Å²) in [4.78, 5) is 27.1. The van der Waals surface area contributed by atoms with Gasteiger partial charge < -0.3 is 15.0 Å². The first-order valence-corrected chi connectivity index (χ1v) is 7.70. The van der Waals surface area contributed by atoms with E-state index in [1.54, 1.807) is 24.4 Å². The van der Waals surface area contributed by atoms with Crippen molar-refractivity contribution in [1.29, 1.82) is 0 Å². The van der Waals surface area contributed by atoms with Gasteiger partial charge in [-0.2, -0.15) is 0 Å². The zero-order valence-corrected chi connectivity index (χ0v) is 13.5. The first-order chi connectivity index (χ1) is 12.0. The molecule has 2 N–H and O–H groups in total. The second-order valence-corrected chi connectivity index (χ2v) is 5.55. The summed E-state index contributed by atoms with van der Waals surface area (Å²) in [6.07, 6.45) is 0.701. The highest BCUT2D eigenvalue weighted by molar-refractivity contribution is 5.90. The fraction of sp³-hybridized carbons (Fsp3) is 0.222. The van der Waals surface area contributed by atoms with Crippen LogP contribution in [0.3, 0.4) is 0 Å². The SMILES string of the molecule is CC(=O)NC[C@H]1CN(c2ccc(C#Cc3ccc[nH]3)c(F)c2)C(=O)O1. The van der Waals surface area contributed by atoms with Crippen molar-refractivity contribution in [3.8, 4) is 11.8 Å². The van der Waals surface area contributed by atoms with Crippen LogP contribution in [0.15, 0.2) is 36.5 Å². The number of H-pyrrole nitrogens is 1. The van der Waals surface area contributed by atoms with Crippen LogP contribution in [0.25, 0.3) is 0 Å². The largest absolute Gasteiger partial charge is 0.442 e. The third-order valence-corrected chi connectivity index (χ3v) is 3.65. The van der Waals surface area contributed by atoms with Crippen molar-refractivity contribution in [2.45, 2.75) is 13.0 Å². The average molecular weight is 341 g/mol. The van der Waals surface area contributed by atoms with Gasteiger partial charge in [-0.05, 0) is 36.3 Å². The van der Waals surface area contributed by atoms with E-state index < -0.39 is 18.0 Å². The lowest BCUT2D eigenvalue weighted by Crippen LogP contribution is -2.33. The molecular weight excluding hydrogens is 325 g/mol. The molecule has 7 heteroatoms. The number of carbonyl (C=O) groups is 2. The zero-order chi connectivity index (χ0) is 17.8. The van der Waals surface area contributed by atoms with Crippen molar-refractivity contribution in [3.05, 3.63) is 53.6 Å². The lowest BCUT2D eigenvalue weighted by atomic mass is 10.1. The Labute approximate surface area is 144 Å². The van der Waals surface area contributed by atoms with Crippen LogP contribution >= 0.6 is 0 Å². The molecule has 1 aliphatic heterocycles. The molecule has 0 bridgehead atoms. The second kappa shape index (κ2) is 7.09. The van der Waals surface area contributed by atoms with Gasteiger partial charge >= 0.3 is 6.09 Å². The van der Waals surface area contributed by atoms with E-state index in [4.69, 9.17) is 4.74 Å². The molecule has 0 aliphatic carbocycles. The molecule has 1 aliphatic rings. The number of nitrogens with one attached hydrogen (secondary N) is 2. The summed E-state index contributed by atoms with van der Waals surface area (Å²) in [5.41, 5.74) is 1.31. The van der Waals surface area contributed by atoms with Crippen molar-refractivity contribution in [2.75, 3.05) is 18.0 Å². The summed E-state index contributed by atoms with van der Waals surface area (Å²) in [5, 5.41) is 2.59. The van der Waals surface area contributed by atoms with Crippen molar-refractivity contribution in [1.82, 2.24) is 10.3 Å². The van der Waals surface area contributed by atoms with Gasteiger partial charge in [0.1, 0.15) is 11.9 Å². The molecule has 1 aromatic heterocycles. The third kappa shape index (κ3) is 3.98. The number of carbonyl (C=O) groups excluding carboxylic acids is 2. The molecule has 0 radical (unpaired) electrons. The van der Waals surface area contributed by atoms with Crippen molar-refractivity contribution < 1.29 is 18.7 Å². The standard InChI is InChI=1S/C18H16FN3O3/c1-12(23)21-10-16-11-22(18(24)25-16)15-7-5-13(17(19)9-15)4-6-14-3-2-8-20-14/h2-3,5,7-9,16,20H,10-11H2,1H3,(H,21,23)/t16-/m0/s1. The molecule has 0 spiro atoms. The number of benzene rings is 1. The van der Waals surface area contributed by atoms with Crippen LogP contribution in [-0.4, -0.2) is 36.2 Å². The first kappa shape index (κ1) is 16.6. The monoisotopic (exact) mass is 341 g/mol. The first-order valence-electron chi connectivity index (χ1n) is 7.70. The van der Waals surface area contributed by atoms with Crippen molar-refractivity contribution in [2.24, 2.45) is 0 Å². The predicted octanol–water partition coefficient (Wildman–Crippen LogP) is 2.01. The Bertz CT molecular complexity index is 852. The van der Waals surface area contributed by atoms with E-state index in [0.29, 0.717) is 11.4 Å². The van der Waals surface area contributed by atoms with Crippen LogP contribution in [0.5, 0.6) is 0 Å². The minimum atomic E-state index is -0.569. The molecule has 25 heavy (non-hydrogen) atoms. The molecule has 3 rings (SSSR count). The molecule has 0 unspecified atom stereocenters. The van der Waals surface area contributed by atoms with Gasteiger partial charge in [0.15, 0.2) is 0 Å². The van der Waals surface area contributed by atoms with E-state index in [1.165, 1.54) is 24.0 Å². The third-order valence-electron chi connectivity index (χ3n) is 3.65. The minimum Gasteiger partial charge on any atom is -0.442 e. The van der Waals surface area contributed by atoms with E-state index in [9.17, 15) is 14.0 Å². The van der Waals surface area contributed by atoms with Crippen LogP contribution in [0.1, 0.15) is 18.2 Å². The quantitative estimate of drug-likeness (QED) is 0.839. The van der Waals surface area contributed by atoms with Crippen LogP contribution in [0.2, 0.25) is 0 Å². The lowest BCUT2D eigenvalue weighted by Gasteiger charge is -2.13. The van der Waals surface area contributed by atoms with Gasteiger partial charge in [-0.15, -0.1) is 0 Å². The Morgan fingerprint density at radius 1 is 1.44 bits per heavy atom. The van der Waals surface area contributed by atoms with Crippen LogP contribution < -0.4 is 10.2 Å². The summed E-state index contributed by atoms with van der Waals surface area (Å²) >= 11 is 0. The summed E-state index contributed by atoms with van der Waals surface area (Å²) in [5.74, 6) is 4.85. The second-order valence-electron chi connectivity index (χ2n) is 5.55. The normalized spacial score (nSPS) is 16.2. The number of hydrogen-bond donors (Lipinski definition) is 2. The van der Waals surface area contributed by atoms with Gasteiger partial charge in [0.25, 0.3) is 0 Å². The number of amides is 2. The number of cyclic esters (lactones) is 1. The number of aromatic amines is 1. The maximum atomic E-state index is 14.3. The van der Waals surface area contributed by atoms with Crippen LogP contribution in [-0.2, 0) is 9.53 Å². The van der Waals surface area contributed by atoms with E-state index in [-0.39, 0.29) is 24.6 Å². The van der Waals surface area contributed by atoms with E-state index >= 15 is 0 Å². The lowest BCUT2D eigenvalue weighted by molar-refractivity contribution is -0.119. The average Bonchev–Trinajstić information content (AvgIpc) is 3.21. The summed E-state index contributed by atoms with van der Waals surface area (Å²) < 4.78 is 19.4. The minimum absolute atomic E-state index is 0.203. The highest BCUT2D eigenvalue weighted by Crippen LogP contribution is 2.23. The predicted molar refractivity (Wildman–Crippen MR) is 89.5 cm³/mol. The van der Waals surface area contributed by atoms with Crippen LogP contribution in [0, 0.1) is 17.7 Å². The summed E-state index contributed by atoms with van der Waals surface area (Å²) in [7, 11) is 0. The van der Waals surface area contributed by atoms with Crippen LogP contribution in [0.4, 0.5) is 14.9 Å². The highest BCUT2D eigenvalue weighted by Gasteiger charge is 2.32. The number of rotatable bonds is 3. The molecule has 0 saturated carbocycles. The number of ether oxygens (including phenoxy) is 1. The topological polar surface area (TPSA) is 74.4 Å². The van der Waals surface area contributed by atoms with Gasteiger partial charge in [0, 0.05) is 13.1 Å². The van der Waals surface area contributed by atoms with Crippen molar-refractivity contribution in [3.63, 3.8) is 0 Å². The number of aromatic nitrogens is 1. The highest BCUT2D eigenvalue weighted by atomic mass is 19.1. The molecule has 1 atom stereocenters. The Balaban J connectivity index is 1.72. The molecule has 2 amide bonds. The van der Waals surface area contributed by atoms with Gasteiger partial charge in [0.05, 0.1) is 30.0 Å². The molecule has 1 fully saturated rings. The van der Waals surface area contributed by atoms with E-state index in [2.05, 4.69) is 22.1 Å². The number of nitrogens with zero attached hydrogens (tertiary/aromatic N) is 1. The summed E-state index contributed by atoms with van der Waals surface area (Å²) in [6, 6.07) is 7.98. The van der Waals surface area contributed by atoms with Gasteiger partial charge in [-0.3, -0.25) is 9.69 Å². The Morgan fingerprint density at radius 3 is 2.96 bits per heavy atom. The fourth-order valence-electron chi connectivity index (χ4n) is 2.41. The summed E-state index contributed by atoms with van der Waals surface area (Å²) in [6.45, 7) is 1.85. The molecule has 128 valence electrons. The van der Waals surface area contributed by atoms with Crippen molar-refractivity contribution >= 4 is 17.7 Å². The number of hydrogen-bond acceptors (Lipinski definition) is 3. The molecule has 1 saturated heterocycles. The molecule has 1 aromatic carbocycles. The molecule has 6 nitrogen and oxygen atoms in total. The Hall–Kier alpha value is -3.27. The zero-order valence-electron chi connectivity index (χ0n) is 13.5. The maximum Gasteiger partial charge on any atom is 0.414 e. The fourth-order valence-corrected chi connectivity index (χ4v) is 2.41. The smallest absolute Gasteiger partial charge is 0.414 e. The van der Waals surface area contributed by atoms with Gasteiger partial charge in [0.2, 0.25) is 5.91 Å². The molecule has 2 heterocycles. The number of anilines is 1. The number of halogens is 1. The van der Waals surface area contributed by atoms with Gasteiger partial charge in [-0.1, -0.05) is 5.92 Å².